The Hall–Kier alpha value is -0.0800. The van der Waals surface area contributed by atoms with Crippen LogP contribution < -0.4 is 5.32 Å². The standard InChI is InChI=1S/C20H39NO/c1-6-8-17(9-7-2)21-18-14-20(22-15-18)12-10-16(11-13-20)19(3,4)5/h16-18,21H,6-15H2,1-5H3. The fourth-order valence-corrected chi connectivity index (χ4v) is 4.65. The summed E-state index contributed by atoms with van der Waals surface area (Å²) >= 11 is 0. The van der Waals surface area contributed by atoms with E-state index in [2.05, 4.69) is 39.9 Å². The van der Waals surface area contributed by atoms with Crippen molar-refractivity contribution in [3.8, 4) is 0 Å². The lowest BCUT2D eigenvalue weighted by atomic mass is 9.67. The number of hydrogen-bond acceptors (Lipinski definition) is 2. The molecule has 1 atom stereocenters. The maximum Gasteiger partial charge on any atom is 0.0699 e. The topological polar surface area (TPSA) is 21.3 Å². The number of ether oxygens (including phenoxy) is 1. The Morgan fingerprint density at radius 1 is 1.09 bits per heavy atom. The quantitative estimate of drug-likeness (QED) is 0.718. The second-order valence-electron chi connectivity index (χ2n) is 8.98. The number of rotatable bonds is 6. The second-order valence-corrected chi connectivity index (χ2v) is 8.98. The van der Waals surface area contributed by atoms with Crippen molar-refractivity contribution in [2.45, 2.75) is 110 Å². The van der Waals surface area contributed by atoms with Gasteiger partial charge in [0.15, 0.2) is 0 Å². The molecule has 0 aromatic rings. The Labute approximate surface area is 138 Å². The van der Waals surface area contributed by atoms with E-state index >= 15 is 0 Å². The molecule has 1 N–H and O–H groups in total. The highest BCUT2D eigenvalue weighted by molar-refractivity contribution is 4.97. The number of hydrogen-bond donors (Lipinski definition) is 1. The molecule has 1 aliphatic carbocycles. The molecule has 2 heteroatoms. The van der Waals surface area contributed by atoms with E-state index in [1.807, 2.05) is 0 Å². The third-order valence-corrected chi connectivity index (χ3v) is 6.08. The Balaban J connectivity index is 1.82. The van der Waals surface area contributed by atoms with Crippen LogP contribution in [-0.2, 0) is 4.74 Å². The fraction of sp³-hybridized carbons (Fsp3) is 1.00. The van der Waals surface area contributed by atoms with Crippen LogP contribution in [0, 0.1) is 11.3 Å². The van der Waals surface area contributed by atoms with Gasteiger partial charge in [-0.25, -0.2) is 0 Å². The Morgan fingerprint density at radius 2 is 1.68 bits per heavy atom. The predicted octanol–water partition coefficient (Wildman–Crippen LogP) is 5.31. The SMILES string of the molecule is CCCC(CCC)NC1COC2(CCC(C(C)(C)C)CC2)C1. The summed E-state index contributed by atoms with van der Waals surface area (Å²) in [6, 6.07) is 1.29. The molecule has 130 valence electrons. The molecule has 2 nitrogen and oxygen atoms in total. The number of nitrogens with one attached hydrogen (secondary N) is 1. The van der Waals surface area contributed by atoms with Gasteiger partial charge in [0.25, 0.3) is 0 Å². The van der Waals surface area contributed by atoms with Crippen LogP contribution in [0.5, 0.6) is 0 Å². The van der Waals surface area contributed by atoms with Crippen LogP contribution in [0.4, 0.5) is 0 Å². The van der Waals surface area contributed by atoms with E-state index in [0.717, 1.165) is 12.5 Å². The van der Waals surface area contributed by atoms with E-state index in [1.54, 1.807) is 0 Å². The summed E-state index contributed by atoms with van der Waals surface area (Å²) < 4.78 is 6.35. The first-order valence-electron chi connectivity index (χ1n) is 9.78. The van der Waals surface area contributed by atoms with Crippen molar-refractivity contribution in [2.24, 2.45) is 11.3 Å². The summed E-state index contributed by atoms with van der Waals surface area (Å²) in [5.41, 5.74) is 0.674. The van der Waals surface area contributed by atoms with Crippen molar-refractivity contribution in [2.75, 3.05) is 6.61 Å². The van der Waals surface area contributed by atoms with Gasteiger partial charge in [-0.1, -0.05) is 47.5 Å². The van der Waals surface area contributed by atoms with Gasteiger partial charge in [0.05, 0.1) is 12.2 Å². The van der Waals surface area contributed by atoms with E-state index < -0.39 is 0 Å². The Kier molecular flexibility index (Phi) is 6.36. The van der Waals surface area contributed by atoms with Gasteiger partial charge >= 0.3 is 0 Å². The molecule has 0 radical (unpaired) electrons. The third kappa shape index (κ3) is 4.71. The minimum Gasteiger partial charge on any atom is -0.373 e. The van der Waals surface area contributed by atoms with Gasteiger partial charge < -0.3 is 10.1 Å². The molecule has 0 aromatic carbocycles. The summed E-state index contributed by atoms with van der Waals surface area (Å²) in [7, 11) is 0. The summed E-state index contributed by atoms with van der Waals surface area (Å²) in [4.78, 5) is 0. The third-order valence-electron chi connectivity index (χ3n) is 6.08. The average Bonchev–Trinajstić information content (AvgIpc) is 2.81. The van der Waals surface area contributed by atoms with Gasteiger partial charge in [-0.15, -0.1) is 0 Å². The molecule has 1 saturated heterocycles. The zero-order chi connectivity index (χ0) is 16.2. The van der Waals surface area contributed by atoms with Crippen LogP contribution in [0.25, 0.3) is 0 Å². The lowest BCUT2D eigenvalue weighted by Crippen LogP contribution is -2.41. The molecule has 1 saturated carbocycles. The van der Waals surface area contributed by atoms with E-state index in [4.69, 9.17) is 4.74 Å². The Morgan fingerprint density at radius 3 is 2.18 bits per heavy atom. The van der Waals surface area contributed by atoms with Gasteiger partial charge in [0.2, 0.25) is 0 Å². The van der Waals surface area contributed by atoms with Crippen molar-refractivity contribution >= 4 is 0 Å². The highest BCUT2D eigenvalue weighted by atomic mass is 16.5. The van der Waals surface area contributed by atoms with E-state index in [9.17, 15) is 0 Å². The monoisotopic (exact) mass is 309 g/mol. The van der Waals surface area contributed by atoms with Crippen molar-refractivity contribution in [1.82, 2.24) is 5.32 Å². The maximum atomic E-state index is 6.35. The van der Waals surface area contributed by atoms with Crippen molar-refractivity contribution in [3.63, 3.8) is 0 Å². The van der Waals surface area contributed by atoms with Crippen molar-refractivity contribution < 1.29 is 4.74 Å². The molecule has 1 unspecified atom stereocenters. The first-order chi connectivity index (χ1) is 10.4. The van der Waals surface area contributed by atoms with Gasteiger partial charge in [0.1, 0.15) is 0 Å². The van der Waals surface area contributed by atoms with E-state index in [0.29, 0.717) is 17.5 Å². The molecule has 1 spiro atoms. The summed E-state index contributed by atoms with van der Waals surface area (Å²) in [6.07, 6.45) is 11.7. The van der Waals surface area contributed by atoms with Gasteiger partial charge in [-0.3, -0.25) is 0 Å². The largest absolute Gasteiger partial charge is 0.373 e. The van der Waals surface area contributed by atoms with Crippen LogP contribution in [0.2, 0.25) is 0 Å². The molecule has 2 rings (SSSR count). The minimum atomic E-state index is 0.211. The van der Waals surface area contributed by atoms with Crippen molar-refractivity contribution in [3.05, 3.63) is 0 Å². The van der Waals surface area contributed by atoms with E-state index in [-0.39, 0.29) is 5.60 Å². The highest BCUT2D eigenvalue weighted by Gasteiger charge is 2.44. The van der Waals surface area contributed by atoms with Gasteiger partial charge in [-0.05, 0) is 56.3 Å². The minimum absolute atomic E-state index is 0.211. The molecule has 1 aliphatic heterocycles. The normalized spacial score (nSPS) is 33.0. The summed E-state index contributed by atoms with van der Waals surface area (Å²) in [5, 5.41) is 3.91. The molecule has 1 heterocycles. The fourth-order valence-electron chi connectivity index (χ4n) is 4.65. The summed E-state index contributed by atoms with van der Waals surface area (Å²) in [6.45, 7) is 12.7. The first kappa shape index (κ1) is 18.3. The second kappa shape index (κ2) is 7.66. The molecule has 0 bridgehead atoms. The average molecular weight is 310 g/mol. The lowest BCUT2D eigenvalue weighted by Gasteiger charge is -2.41. The first-order valence-corrected chi connectivity index (χ1v) is 9.78. The van der Waals surface area contributed by atoms with Crippen LogP contribution in [0.15, 0.2) is 0 Å². The molecular formula is C20H39NO. The smallest absolute Gasteiger partial charge is 0.0699 e. The van der Waals surface area contributed by atoms with Crippen LogP contribution in [-0.4, -0.2) is 24.3 Å². The zero-order valence-electron chi connectivity index (χ0n) is 15.7. The highest BCUT2D eigenvalue weighted by Crippen LogP contribution is 2.46. The van der Waals surface area contributed by atoms with Crippen LogP contribution in [0.1, 0.15) is 92.4 Å². The van der Waals surface area contributed by atoms with Gasteiger partial charge in [-0.2, -0.15) is 0 Å². The lowest BCUT2D eigenvalue weighted by molar-refractivity contribution is -0.0465. The Bertz CT molecular complexity index is 319. The maximum absolute atomic E-state index is 6.35. The summed E-state index contributed by atoms with van der Waals surface area (Å²) in [5.74, 6) is 0.877. The molecule has 2 fully saturated rings. The molecule has 0 aromatic heterocycles. The van der Waals surface area contributed by atoms with Gasteiger partial charge in [0, 0.05) is 12.1 Å². The molecule has 0 amide bonds. The zero-order valence-corrected chi connectivity index (χ0v) is 15.7. The predicted molar refractivity (Wildman–Crippen MR) is 95.2 cm³/mol. The molecular weight excluding hydrogens is 270 g/mol. The molecule has 2 aliphatic rings. The van der Waals surface area contributed by atoms with Crippen LogP contribution >= 0.6 is 0 Å². The van der Waals surface area contributed by atoms with E-state index in [1.165, 1.54) is 57.8 Å². The van der Waals surface area contributed by atoms with Crippen LogP contribution in [0.3, 0.4) is 0 Å². The molecule has 22 heavy (non-hydrogen) atoms. The van der Waals surface area contributed by atoms with Crippen molar-refractivity contribution in [1.29, 1.82) is 0 Å².